The van der Waals surface area contributed by atoms with E-state index in [1.54, 1.807) is 34.6 Å². The summed E-state index contributed by atoms with van der Waals surface area (Å²) in [5.41, 5.74) is -1.44. The molecule has 0 bridgehead atoms. The SMILES string of the molecule is CC(=O)C(C)(C)OCCCS.CC(=O)C(C)(C)OCCCSC1CC(=O)N(CC2CCC(C(=O)ON3C(=O)CCC3=O)CC2)C1=O. The van der Waals surface area contributed by atoms with Crippen molar-refractivity contribution in [3.05, 3.63) is 0 Å². The van der Waals surface area contributed by atoms with Crippen molar-refractivity contribution in [3.8, 4) is 0 Å². The van der Waals surface area contributed by atoms with Crippen molar-refractivity contribution in [2.45, 2.75) is 116 Å². The highest BCUT2D eigenvalue weighted by Crippen LogP contribution is 2.33. The molecule has 0 radical (unpaired) electrons. The summed E-state index contributed by atoms with van der Waals surface area (Å²) < 4.78 is 10.9. The third-order valence-electron chi connectivity index (χ3n) is 8.54. The van der Waals surface area contributed by atoms with E-state index < -0.39 is 40.2 Å². The fourth-order valence-corrected chi connectivity index (χ4v) is 6.07. The molecule has 14 heteroatoms. The number of Topliss-reactive ketones (excluding diaryl/α,β-unsaturated/α-hetero) is 2. The number of nitrogens with zero attached hydrogens (tertiary/aromatic N) is 2. The third kappa shape index (κ3) is 12.1. The Kier molecular flexibility index (Phi) is 15.9. The minimum Gasteiger partial charge on any atom is -0.368 e. The van der Waals surface area contributed by atoms with Crippen molar-refractivity contribution in [1.29, 1.82) is 0 Å². The van der Waals surface area contributed by atoms with E-state index in [4.69, 9.17) is 14.3 Å². The maximum absolute atomic E-state index is 12.8. The predicted octanol–water partition coefficient (Wildman–Crippen LogP) is 3.73. The number of carbonyl (C=O) groups is 7. The Bertz CT molecular complexity index is 1120. The predicted molar refractivity (Wildman–Crippen MR) is 175 cm³/mol. The van der Waals surface area contributed by atoms with Crippen molar-refractivity contribution in [1.82, 2.24) is 9.96 Å². The van der Waals surface area contributed by atoms with Gasteiger partial charge in [-0.2, -0.15) is 12.6 Å². The van der Waals surface area contributed by atoms with Gasteiger partial charge in [-0.1, -0.05) is 0 Å². The van der Waals surface area contributed by atoms with Crippen LogP contribution in [0.1, 0.15) is 99.3 Å². The van der Waals surface area contributed by atoms with E-state index in [-0.39, 0.29) is 48.6 Å². The molecular weight excluding hydrogens is 636 g/mol. The zero-order valence-corrected chi connectivity index (χ0v) is 29.7. The number of likely N-dealkylation sites (tertiary alicyclic amines) is 1. The van der Waals surface area contributed by atoms with Gasteiger partial charge >= 0.3 is 5.97 Å². The molecule has 4 amide bonds. The van der Waals surface area contributed by atoms with E-state index in [1.807, 2.05) is 0 Å². The Balaban J connectivity index is 0.000000572. The van der Waals surface area contributed by atoms with E-state index in [2.05, 4.69) is 12.6 Å². The lowest BCUT2D eigenvalue weighted by molar-refractivity contribution is -0.201. The number of carbonyl (C=O) groups excluding carboxylic acids is 7. The number of rotatable bonds is 16. The number of ether oxygens (including phenoxy) is 2. The van der Waals surface area contributed by atoms with Crippen molar-refractivity contribution < 1.29 is 47.9 Å². The van der Waals surface area contributed by atoms with Crippen LogP contribution in [0.4, 0.5) is 0 Å². The summed E-state index contributed by atoms with van der Waals surface area (Å²) in [7, 11) is 0. The van der Waals surface area contributed by atoms with Crippen molar-refractivity contribution in [2.75, 3.05) is 31.3 Å². The summed E-state index contributed by atoms with van der Waals surface area (Å²) in [6.07, 6.45) is 4.20. The standard InChI is InChI=1S/C24H34N2O8S.C8H16O2S/c1-15(27)24(2,3)33-11-4-12-35-18-13-21(30)25(22(18)31)14-16-5-7-17(8-6-16)23(32)34-26-19(28)9-10-20(26)29;1-7(9)8(2,3)10-5-4-6-11/h16-18H,4-14H2,1-3H3;11H,4-6H2,1-3H3. The van der Waals surface area contributed by atoms with Gasteiger partial charge in [0.15, 0.2) is 11.6 Å². The third-order valence-corrected chi connectivity index (χ3v) is 10.2. The van der Waals surface area contributed by atoms with Gasteiger partial charge in [-0.05, 0) is 97.5 Å². The number of amides is 4. The molecule has 1 atom stereocenters. The highest BCUT2D eigenvalue weighted by atomic mass is 32.2. The molecule has 0 aromatic rings. The van der Waals surface area contributed by atoms with Gasteiger partial charge in [0.25, 0.3) is 11.8 Å². The maximum Gasteiger partial charge on any atom is 0.336 e. The van der Waals surface area contributed by atoms with Gasteiger partial charge < -0.3 is 14.3 Å². The number of hydroxylamine groups is 2. The molecule has 1 saturated carbocycles. The van der Waals surface area contributed by atoms with Crippen LogP contribution in [0, 0.1) is 11.8 Å². The van der Waals surface area contributed by atoms with Crippen LogP contribution in [-0.4, -0.2) is 98.8 Å². The smallest absolute Gasteiger partial charge is 0.336 e. The molecule has 3 rings (SSSR count). The van der Waals surface area contributed by atoms with Crippen LogP contribution in [0.25, 0.3) is 0 Å². The molecule has 1 unspecified atom stereocenters. The van der Waals surface area contributed by atoms with Gasteiger partial charge in [-0.25, -0.2) is 4.79 Å². The van der Waals surface area contributed by atoms with Gasteiger partial charge in [-0.3, -0.25) is 33.7 Å². The Labute approximate surface area is 281 Å². The molecule has 3 fully saturated rings. The summed E-state index contributed by atoms with van der Waals surface area (Å²) in [5.74, 6) is -0.736. The van der Waals surface area contributed by atoms with Crippen LogP contribution in [0.3, 0.4) is 0 Å². The second kappa shape index (κ2) is 18.3. The normalized spacial score (nSPS) is 22.2. The van der Waals surface area contributed by atoms with Gasteiger partial charge in [0.2, 0.25) is 11.8 Å². The van der Waals surface area contributed by atoms with Gasteiger partial charge in [0.05, 0.1) is 11.2 Å². The first-order valence-corrected chi connectivity index (χ1v) is 17.6. The number of thioether (sulfide) groups is 1. The number of imide groups is 2. The molecule has 0 N–H and O–H groups in total. The molecule has 46 heavy (non-hydrogen) atoms. The quantitative estimate of drug-likeness (QED) is 0.144. The van der Waals surface area contributed by atoms with Crippen LogP contribution in [0.2, 0.25) is 0 Å². The number of ketones is 2. The number of hydrogen-bond donors (Lipinski definition) is 1. The van der Waals surface area contributed by atoms with Gasteiger partial charge in [0, 0.05) is 39.0 Å². The molecule has 1 aliphatic carbocycles. The van der Waals surface area contributed by atoms with Crippen molar-refractivity contribution in [3.63, 3.8) is 0 Å². The Hall–Kier alpha value is -2.29. The van der Waals surface area contributed by atoms with E-state index in [9.17, 15) is 33.6 Å². The molecule has 0 spiro atoms. The average Bonchev–Trinajstić information content (AvgIpc) is 3.44. The lowest BCUT2D eigenvalue weighted by Gasteiger charge is -2.30. The largest absolute Gasteiger partial charge is 0.368 e. The lowest BCUT2D eigenvalue weighted by atomic mass is 9.82. The summed E-state index contributed by atoms with van der Waals surface area (Å²) in [6, 6.07) is 0. The molecular formula is C32H50N2O10S2. The van der Waals surface area contributed by atoms with Crippen LogP contribution < -0.4 is 0 Å². The van der Waals surface area contributed by atoms with Crippen molar-refractivity contribution in [2.24, 2.45) is 11.8 Å². The fourth-order valence-electron chi connectivity index (χ4n) is 4.84. The molecule has 2 saturated heterocycles. The first kappa shape index (κ1) is 39.9. The lowest BCUT2D eigenvalue weighted by Crippen LogP contribution is -2.39. The minimum atomic E-state index is -0.820. The number of hydrogen-bond acceptors (Lipinski definition) is 12. The zero-order chi connectivity index (χ0) is 34.7. The number of thiol groups is 1. The molecule has 12 nitrogen and oxygen atoms in total. The summed E-state index contributed by atoms with van der Waals surface area (Å²) in [6.45, 7) is 11.4. The summed E-state index contributed by atoms with van der Waals surface area (Å²) >= 11 is 5.48. The molecule has 260 valence electrons. The van der Waals surface area contributed by atoms with Gasteiger partial charge in [0.1, 0.15) is 11.2 Å². The van der Waals surface area contributed by atoms with E-state index in [0.29, 0.717) is 62.7 Å². The maximum atomic E-state index is 12.8. The summed E-state index contributed by atoms with van der Waals surface area (Å²) in [4.78, 5) is 89.7. The average molecular weight is 687 g/mol. The van der Waals surface area contributed by atoms with E-state index in [1.165, 1.54) is 23.6 Å². The Morgan fingerprint density at radius 3 is 1.85 bits per heavy atom. The second-order valence-corrected chi connectivity index (χ2v) is 14.6. The topological polar surface area (TPSA) is 154 Å². The van der Waals surface area contributed by atoms with Crippen LogP contribution >= 0.6 is 24.4 Å². The van der Waals surface area contributed by atoms with Crippen LogP contribution in [-0.2, 0) is 47.9 Å². The van der Waals surface area contributed by atoms with Crippen LogP contribution in [0.5, 0.6) is 0 Å². The van der Waals surface area contributed by atoms with E-state index in [0.717, 1.165) is 12.2 Å². The van der Waals surface area contributed by atoms with Crippen LogP contribution in [0.15, 0.2) is 0 Å². The monoisotopic (exact) mass is 686 g/mol. The Morgan fingerprint density at radius 1 is 0.826 bits per heavy atom. The molecule has 0 aromatic carbocycles. The molecule has 2 aliphatic heterocycles. The zero-order valence-electron chi connectivity index (χ0n) is 28.0. The Morgan fingerprint density at radius 2 is 1.35 bits per heavy atom. The second-order valence-electron chi connectivity index (χ2n) is 12.9. The van der Waals surface area contributed by atoms with Crippen molar-refractivity contribution >= 4 is 65.6 Å². The summed E-state index contributed by atoms with van der Waals surface area (Å²) in [5, 5.41) is 0.176. The minimum absolute atomic E-state index is 0.0416. The molecule has 0 aromatic heterocycles. The molecule has 2 heterocycles. The first-order chi connectivity index (χ1) is 21.5. The highest BCUT2D eigenvalue weighted by molar-refractivity contribution is 8.00. The first-order valence-electron chi connectivity index (χ1n) is 15.9. The van der Waals surface area contributed by atoms with E-state index >= 15 is 0 Å². The highest BCUT2D eigenvalue weighted by Gasteiger charge is 2.41. The fraction of sp³-hybridized carbons (Fsp3) is 0.781. The van der Waals surface area contributed by atoms with Gasteiger partial charge in [-0.15, -0.1) is 16.8 Å². The molecule has 3 aliphatic rings.